The van der Waals surface area contributed by atoms with E-state index in [2.05, 4.69) is 6.08 Å². The summed E-state index contributed by atoms with van der Waals surface area (Å²) in [5, 5.41) is 0. The Morgan fingerprint density at radius 2 is 1.96 bits per heavy atom. The number of esters is 1. The number of ether oxygens (including phenoxy) is 1. The van der Waals surface area contributed by atoms with E-state index < -0.39 is 0 Å². The van der Waals surface area contributed by atoms with E-state index in [4.69, 9.17) is 4.74 Å². The second-order valence-electron chi connectivity index (χ2n) is 7.33. The van der Waals surface area contributed by atoms with Crippen molar-refractivity contribution in [2.75, 3.05) is 20.2 Å². The number of methoxy groups -OCH3 is 1. The molecule has 142 valence electrons. The molecule has 1 aromatic carbocycles. The fourth-order valence-electron chi connectivity index (χ4n) is 3.35. The number of rotatable bonds is 7. The summed E-state index contributed by atoms with van der Waals surface area (Å²) >= 11 is 0. The zero-order valence-electron chi connectivity index (χ0n) is 16.5. The molecule has 1 unspecified atom stereocenters. The fourth-order valence-corrected chi connectivity index (χ4v) is 3.35. The largest absolute Gasteiger partial charge is 0.469 e. The maximum atomic E-state index is 13.1. The van der Waals surface area contributed by atoms with E-state index in [1.165, 1.54) is 31.1 Å². The molecule has 0 fully saturated rings. The molecular formula is C22H31NO3. The van der Waals surface area contributed by atoms with Gasteiger partial charge in [-0.3, -0.25) is 9.59 Å². The molecule has 1 amide bonds. The second kappa shape index (κ2) is 9.56. The van der Waals surface area contributed by atoms with Gasteiger partial charge in [0.1, 0.15) is 0 Å². The third-order valence-electron chi connectivity index (χ3n) is 5.23. The SMILES string of the molecule is COC(=O)C(C)CN(CCC1=CCCCC1)C(=O)c1ccc(C)c(C)c1. The highest BCUT2D eigenvalue weighted by Gasteiger charge is 2.23. The lowest BCUT2D eigenvalue weighted by Gasteiger charge is -2.26. The first-order valence-electron chi connectivity index (χ1n) is 9.54. The van der Waals surface area contributed by atoms with Gasteiger partial charge in [-0.1, -0.05) is 24.6 Å². The molecule has 0 aliphatic heterocycles. The number of carbonyl (C=O) groups is 2. The summed E-state index contributed by atoms with van der Waals surface area (Å²) < 4.78 is 4.84. The Morgan fingerprint density at radius 1 is 1.19 bits per heavy atom. The first kappa shape index (κ1) is 20.2. The number of amides is 1. The van der Waals surface area contributed by atoms with E-state index in [-0.39, 0.29) is 17.8 Å². The van der Waals surface area contributed by atoms with Crippen LogP contribution >= 0.6 is 0 Å². The minimum atomic E-state index is -0.337. The summed E-state index contributed by atoms with van der Waals surface area (Å²) in [4.78, 5) is 26.7. The normalized spacial score (nSPS) is 15.2. The van der Waals surface area contributed by atoms with Gasteiger partial charge in [-0.15, -0.1) is 0 Å². The Kier molecular flexibility index (Phi) is 7.43. The van der Waals surface area contributed by atoms with Gasteiger partial charge in [0, 0.05) is 18.7 Å². The minimum Gasteiger partial charge on any atom is -0.469 e. The smallest absolute Gasteiger partial charge is 0.310 e. The van der Waals surface area contributed by atoms with Gasteiger partial charge in [-0.2, -0.15) is 0 Å². The van der Waals surface area contributed by atoms with Gasteiger partial charge in [0.25, 0.3) is 5.91 Å². The van der Waals surface area contributed by atoms with E-state index in [1.54, 1.807) is 4.90 Å². The van der Waals surface area contributed by atoms with Gasteiger partial charge in [0.05, 0.1) is 13.0 Å². The van der Waals surface area contributed by atoms with Gasteiger partial charge < -0.3 is 9.64 Å². The molecule has 0 bridgehead atoms. The summed E-state index contributed by atoms with van der Waals surface area (Å²) in [5.41, 5.74) is 4.39. The maximum Gasteiger partial charge on any atom is 0.310 e. The van der Waals surface area contributed by atoms with Crippen molar-refractivity contribution in [2.45, 2.75) is 52.9 Å². The third kappa shape index (κ3) is 5.45. The van der Waals surface area contributed by atoms with Crippen molar-refractivity contribution >= 4 is 11.9 Å². The molecule has 0 radical (unpaired) electrons. The lowest BCUT2D eigenvalue weighted by molar-refractivity contribution is -0.145. The third-order valence-corrected chi connectivity index (χ3v) is 5.23. The van der Waals surface area contributed by atoms with Crippen molar-refractivity contribution in [3.05, 3.63) is 46.5 Å². The van der Waals surface area contributed by atoms with Crippen LogP contribution in [-0.4, -0.2) is 37.0 Å². The lowest BCUT2D eigenvalue weighted by atomic mass is 9.97. The monoisotopic (exact) mass is 357 g/mol. The van der Waals surface area contributed by atoms with Gasteiger partial charge in [-0.25, -0.2) is 0 Å². The number of allylic oxidation sites excluding steroid dienone is 1. The Bertz CT molecular complexity index is 678. The zero-order valence-corrected chi connectivity index (χ0v) is 16.5. The van der Waals surface area contributed by atoms with Crippen molar-refractivity contribution in [1.29, 1.82) is 0 Å². The predicted molar refractivity (Wildman–Crippen MR) is 104 cm³/mol. The molecule has 4 heteroatoms. The Morgan fingerprint density at radius 3 is 2.58 bits per heavy atom. The van der Waals surface area contributed by atoms with E-state index in [0.717, 1.165) is 24.8 Å². The molecule has 0 N–H and O–H groups in total. The fraction of sp³-hybridized carbons (Fsp3) is 0.545. The number of carbonyl (C=O) groups excluding carboxylic acids is 2. The van der Waals surface area contributed by atoms with Crippen LogP contribution in [0.25, 0.3) is 0 Å². The molecule has 4 nitrogen and oxygen atoms in total. The quantitative estimate of drug-likeness (QED) is 0.535. The topological polar surface area (TPSA) is 46.6 Å². The number of hydrogen-bond acceptors (Lipinski definition) is 3. The van der Waals surface area contributed by atoms with Crippen molar-refractivity contribution in [3.8, 4) is 0 Å². The van der Waals surface area contributed by atoms with Gasteiger partial charge in [0.15, 0.2) is 0 Å². The lowest BCUT2D eigenvalue weighted by Crippen LogP contribution is -2.38. The van der Waals surface area contributed by atoms with Crippen LogP contribution in [0.15, 0.2) is 29.8 Å². The average Bonchev–Trinajstić information content (AvgIpc) is 2.66. The maximum absolute atomic E-state index is 13.1. The molecule has 1 aliphatic rings. The molecule has 0 spiro atoms. The molecule has 1 atom stereocenters. The van der Waals surface area contributed by atoms with Crippen LogP contribution in [-0.2, 0) is 9.53 Å². The van der Waals surface area contributed by atoms with Crippen LogP contribution < -0.4 is 0 Å². The van der Waals surface area contributed by atoms with Gasteiger partial charge >= 0.3 is 5.97 Å². The van der Waals surface area contributed by atoms with Crippen LogP contribution in [0.4, 0.5) is 0 Å². The minimum absolute atomic E-state index is 0.0136. The van der Waals surface area contributed by atoms with E-state index >= 15 is 0 Å². The second-order valence-corrected chi connectivity index (χ2v) is 7.33. The molecule has 1 aliphatic carbocycles. The molecule has 0 heterocycles. The molecule has 26 heavy (non-hydrogen) atoms. The highest BCUT2D eigenvalue weighted by atomic mass is 16.5. The van der Waals surface area contributed by atoms with Crippen LogP contribution in [0.1, 0.15) is 60.5 Å². The van der Waals surface area contributed by atoms with Crippen LogP contribution in [0.5, 0.6) is 0 Å². The molecule has 1 aromatic rings. The summed E-state index contributed by atoms with van der Waals surface area (Å²) in [5.74, 6) is -0.629. The highest BCUT2D eigenvalue weighted by Crippen LogP contribution is 2.21. The van der Waals surface area contributed by atoms with Crippen molar-refractivity contribution < 1.29 is 14.3 Å². The Balaban J connectivity index is 2.14. The van der Waals surface area contributed by atoms with Crippen molar-refractivity contribution in [2.24, 2.45) is 5.92 Å². The molecular weight excluding hydrogens is 326 g/mol. The Labute approximate surface area is 157 Å². The molecule has 0 saturated heterocycles. The predicted octanol–water partition coefficient (Wildman–Crippen LogP) is 4.45. The highest BCUT2D eigenvalue weighted by molar-refractivity contribution is 5.94. The number of aryl methyl sites for hydroxylation is 2. The first-order chi connectivity index (χ1) is 12.4. The van der Waals surface area contributed by atoms with E-state index in [0.29, 0.717) is 18.7 Å². The van der Waals surface area contributed by atoms with Crippen LogP contribution in [0, 0.1) is 19.8 Å². The number of hydrogen-bond donors (Lipinski definition) is 0. The van der Waals surface area contributed by atoms with E-state index in [1.807, 2.05) is 39.0 Å². The van der Waals surface area contributed by atoms with E-state index in [9.17, 15) is 9.59 Å². The van der Waals surface area contributed by atoms with Gasteiger partial charge in [-0.05, 0) is 69.2 Å². The van der Waals surface area contributed by atoms with Crippen LogP contribution in [0.3, 0.4) is 0 Å². The average molecular weight is 357 g/mol. The first-order valence-corrected chi connectivity index (χ1v) is 9.54. The van der Waals surface area contributed by atoms with Crippen LogP contribution in [0.2, 0.25) is 0 Å². The summed E-state index contributed by atoms with van der Waals surface area (Å²) in [7, 11) is 1.39. The number of benzene rings is 1. The van der Waals surface area contributed by atoms with Crippen molar-refractivity contribution in [1.82, 2.24) is 4.90 Å². The van der Waals surface area contributed by atoms with Gasteiger partial charge in [0.2, 0.25) is 0 Å². The zero-order chi connectivity index (χ0) is 19.1. The number of nitrogens with zero attached hydrogens (tertiary/aromatic N) is 1. The molecule has 0 saturated carbocycles. The standard InChI is InChI=1S/C22H31NO3/c1-16-10-11-20(14-17(16)2)21(24)23(15-18(3)22(25)26-4)13-12-19-8-6-5-7-9-19/h8,10-11,14,18H,5-7,9,12-13,15H2,1-4H3. The Hall–Kier alpha value is -2.10. The summed E-state index contributed by atoms with van der Waals surface area (Å²) in [6, 6.07) is 5.79. The molecule has 0 aromatic heterocycles. The van der Waals surface area contributed by atoms with Crippen molar-refractivity contribution in [3.63, 3.8) is 0 Å². The molecule has 2 rings (SSSR count). The summed E-state index contributed by atoms with van der Waals surface area (Å²) in [6.45, 7) is 6.88. The summed E-state index contributed by atoms with van der Waals surface area (Å²) in [6.07, 6.45) is 7.94.